The van der Waals surface area contributed by atoms with E-state index in [0.29, 0.717) is 11.4 Å². The van der Waals surface area contributed by atoms with Crippen LogP contribution in [0.4, 0.5) is 19.1 Å². The zero-order valence-electron chi connectivity index (χ0n) is 13.3. The Kier molecular flexibility index (Phi) is 4.25. The minimum absolute atomic E-state index is 0.249. The minimum atomic E-state index is -5.14. The third kappa shape index (κ3) is 2.68. The van der Waals surface area contributed by atoms with Gasteiger partial charge in [0.25, 0.3) is 5.91 Å². The number of halogens is 3. The van der Waals surface area contributed by atoms with Crippen LogP contribution < -0.4 is 10.6 Å². The number of aryl methyl sites for hydroxylation is 2. The Bertz CT molecular complexity index is 725. The Balaban J connectivity index is 2.67. The highest BCUT2D eigenvalue weighted by Gasteiger charge is 2.68. The Hall–Kier alpha value is -2.65. The normalized spacial score (nSPS) is 20.9. The van der Waals surface area contributed by atoms with Crippen LogP contribution in [0.15, 0.2) is 17.3 Å². The number of amides is 1. The van der Waals surface area contributed by atoms with Crippen LogP contribution in [0.2, 0.25) is 0 Å². The molecule has 10 heteroatoms. The van der Waals surface area contributed by atoms with Crippen molar-refractivity contribution in [3.05, 3.63) is 28.7 Å². The lowest BCUT2D eigenvalue weighted by Crippen LogP contribution is -2.60. The van der Waals surface area contributed by atoms with Crippen LogP contribution in [-0.2, 0) is 14.3 Å². The SMILES string of the molecule is COC(=O)C1=C(C)NC(=O)C1(Nc1nc(C)cc(C)n1)C(F)(F)F. The molecule has 7 nitrogen and oxygen atoms in total. The summed E-state index contributed by atoms with van der Waals surface area (Å²) in [6.07, 6.45) is -5.14. The molecule has 2 N–H and O–H groups in total. The number of nitrogens with zero attached hydrogens (tertiary/aromatic N) is 2. The second-order valence-corrected chi connectivity index (χ2v) is 5.29. The van der Waals surface area contributed by atoms with E-state index >= 15 is 0 Å². The third-order valence-corrected chi connectivity index (χ3v) is 3.49. The van der Waals surface area contributed by atoms with Crippen LogP contribution >= 0.6 is 0 Å². The van der Waals surface area contributed by atoms with Gasteiger partial charge in [-0.15, -0.1) is 0 Å². The van der Waals surface area contributed by atoms with Crippen molar-refractivity contribution in [1.29, 1.82) is 0 Å². The maximum Gasteiger partial charge on any atom is 0.425 e. The van der Waals surface area contributed by atoms with Crippen LogP contribution in [0.1, 0.15) is 18.3 Å². The van der Waals surface area contributed by atoms with Crippen molar-refractivity contribution in [3.8, 4) is 0 Å². The summed E-state index contributed by atoms with van der Waals surface area (Å²) in [5.74, 6) is -3.15. The van der Waals surface area contributed by atoms with Gasteiger partial charge in [-0.1, -0.05) is 0 Å². The van der Waals surface area contributed by atoms with Gasteiger partial charge in [0.2, 0.25) is 11.5 Å². The number of carbonyl (C=O) groups is 2. The highest BCUT2D eigenvalue weighted by Crippen LogP contribution is 2.43. The molecule has 1 amide bonds. The van der Waals surface area contributed by atoms with Gasteiger partial charge in [0, 0.05) is 17.1 Å². The van der Waals surface area contributed by atoms with Gasteiger partial charge in [0.1, 0.15) is 5.57 Å². The van der Waals surface area contributed by atoms with Crippen LogP contribution in [-0.4, -0.2) is 40.7 Å². The summed E-state index contributed by atoms with van der Waals surface area (Å²) in [5.41, 5.74) is -3.64. The molecule has 0 fully saturated rings. The van der Waals surface area contributed by atoms with Gasteiger partial charge in [-0.2, -0.15) is 13.2 Å². The first-order valence-electron chi connectivity index (χ1n) is 6.81. The molecule has 0 saturated carbocycles. The van der Waals surface area contributed by atoms with E-state index in [-0.39, 0.29) is 5.70 Å². The summed E-state index contributed by atoms with van der Waals surface area (Å²) in [6.45, 7) is 4.32. The number of alkyl halides is 3. The zero-order valence-corrected chi connectivity index (χ0v) is 13.3. The number of nitrogens with one attached hydrogen (secondary N) is 2. The highest BCUT2D eigenvalue weighted by molar-refractivity contribution is 6.10. The van der Waals surface area contributed by atoms with Crippen molar-refractivity contribution in [1.82, 2.24) is 15.3 Å². The predicted molar refractivity (Wildman–Crippen MR) is 76.8 cm³/mol. The van der Waals surface area contributed by atoms with Crippen LogP contribution in [0.5, 0.6) is 0 Å². The molecule has 0 bridgehead atoms. The second-order valence-electron chi connectivity index (χ2n) is 5.29. The molecule has 0 aliphatic carbocycles. The number of anilines is 1. The van der Waals surface area contributed by atoms with Crippen molar-refractivity contribution in [2.75, 3.05) is 12.4 Å². The molecular formula is C14H15F3N4O3. The van der Waals surface area contributed by atoms with Gasteiger partial charge in [-0.3, -0.25) is 4.79 Å². The standard InChI is InChI=1S/C14H15F3N4O3/c1-6-5-7(2)19-12(18-6)21-13(14(15,16)17)9(10(22)24-4)8(3)20-11(13)23/h5H,1-4H3,(H,20,23)(H,18,19,21). The molecule has 1 aliphatic rings. The second kappa shape index (κ2) is 5.77. The van der Waals surface area contributed by atoms with E-state index in [0.717, 1.165) is 7.11 Å². The van der Waals surface area contributed by atoms with E-state index < -0.39 is 35.1 Å². The maximum atomic E-state index is 13.9. The molecule has 1 unspecified atom stereocenters. The van der Waals surface area contributed by atoms with Gasteiger partial charge in [0.15, 0.2) is 0 Å². The molecule has 2 heterocycles. The lowest BCUT2D eigenvalue weighted by molar-refractivity contribution is -0.179. The van der Waals surface area contributed by atoms with Gasteiger partial charge in [0.05, 0.1) is 7.11 Å². The average Bonchev–Trinajstić information content (AvgIpc) is 2.68. The first-order valence-corrected chi connectivity index (χ1v) is 6.81. The van der Waals surface area contributed by atoms with Gasteiger partial charge in [-0.25, -0.2) is 14.8 Å². The Labute approximate surface area is 135 Å². The average molecular weight is 344 g/mol. The van der Waals surface area contributed by atoms with Gasteiger partial charge < -0.3 is 15.4 Å². The third-order valence-electron chi connectivity index (χ3n) is 3.49. The van der Waals surface area contributed by atoms with Gasteiger partial charge >= 0.3 is 12.1 Å². The summed E-state index contributed by atoms with van der Waals surface area (Å²) in [7, 11) is 0.930. The van der Waals surface area contributed by atoms with E-state index in [1.807, 2.05) is 10.6 Å². The molecule has 1 aromatic rings. The molecule has 0 spiro atoms. The van der Waals surface area contributed by atoms with Crippen LogP contribution in [0.25, 0.3) is 0 Å². The Morgan fingerprint density at radius 3 is 2.25 bits per heavy atom. The van der Waals surface area contributed by atoms with Crippen molar-refractivity contribution >= 4 is 17.8 Å². The molecule has 1 aromatic heterocycles. The lowest BCUT2D eigenvalue weighted by atomic mass is 9.89. The van der Waals surface area contributed by atoms with Crippen LogP contribution in [0.3, 0.4) is 0 Å². The monoisotopic (exact) mass is 344 g/mol. The molecule has 1 aliphatic heterocycles. The van der Waals surface area contributed by atoms with Gasteiger partial charge in [-0.05, 0) is 26.8 Å². The number of methoxy groups -OCH3 is 1. The fourth-order valence-corrected chi connectivity index (χ4v) is 2.54. The first-order chi connectivity index (χ1) is 11.0. The minimum Gasteiger partial charge on any atom is -0.466 e. The van der Waals surface area contributed by atoms with Crippen molar-refractivity contribution in [2.45, 2.75) is 32.5 Å². The van der Waals surface area contributed by atoms with Crippen molar-refractivity contribution in [3.63, 3.8) is 0 Å². The molecule has 130 valence electrons. The van der Waals surface area contributed by atoms with Crippen LogP contribution in [0, 0.1) is 13.8 Å². The molecule has 1 atom stereocenters. The number of allylic oxidation sites excluding steroid dienone is 1. The number of rotatable bonds is 3. The molecule has 0 radical (unpaired) electrons. The fourth-order valence-electron chi connectivity index (χ4n) is 2.54. The highest BCUT2D eigenvalue weighted by atomic mass is 19.4. The van der Waals surface area contributed by atoms with Crippen molar-refractivity contribution < 1.29 is 27.5 Å². The number of carbonyl (C=O) groups excluding carboxylic acids is 2. The number of esters is 1. The molecular weight excluding hydrogens is 329 g/mol. The number of hydrogen-bond acceptors (Lipinski definition) is 6. The van der Waals surface area contributed by atoms with E-state index in [1.165, 1.54) is 6.92 Å². The summed E-state index contributed by atoms with van der Waals surface area (Å²) in [4.78, 5) is 31.8. The predicted octanol–water partition coefficient (Wildman–Crippen LogP) is 1.38. The van der Waals surface area contributed by atoms with E-state index in [2.05, 4.69) is 14.7 Å². The van der Waals surface area contributed by atoms with E-state index in [4.69, 9.17) is 0 Å². The number of ether oxygens (including phenoxy) is 1. The summed E-state index contributed by atoms with van der Waals surface area (Å²) in [6, 6.07) is 1.56. The number of hydrogen-bond donors (Lipinski definition) is 2. The zero-order chi connectivity index (χ0) is 18.3. The van der Waals surface area contributed by atoms with Crippen molar-refractivity contribution in [2.24, 2.45) is 0 Å². The Morgan fingerprint density at radius 1 is 1.25 bits per heavy atom. The smallest absolute Gasteiger partial charge is 0.425 e. The molecule has 2 rings (SSSR count). The number of aromatic nitrogens is 2. The summed E-state index contributed by atoms with van der Waals surface area (Å²) in [5, 5.41) is 4.03. The summed E-state index contributed by atoms with van der Waals surface area (Å²) >= 11 is 0. The maximum absolute atomic E-state index is 13.9. The largest absolute Gasteiger partial charge is 0.466 e. The molecule has 0 aromatic carbocycles. The topological polar surface area (TPSA) is 93.2 Å². The molecule has 24 heavy (non-hydrogen) atoms. The quantitative estimate of drug-likeness (QED) is 0.805. The first kappa shape index (κ1) is 17.7. The Morgan fingerprint density at radius 2 is 1.79 bits per heavy atom. The van der Waals surface area contributed by atoms with E-state index in [9.17, 15) is 22.8 Å². The molecule has 0 saturated heterocycles. The lowest BCUT2D eigenvalue weighted by Gasteiger charge is -2.31. The fraction of sp³-hybridized carbons (Fsp3) is 0.429. The van der Waals surface area contributed by atoms with E-state index in [1.54, 1.807) is 19.9 Å². The summed E-state index contributed by atoms with van der Waals surface area (Å²) < 4.78 is 46.0.